The Hall–Kier alpha value is 0.478. The van der Waals surface area contributed by atoms with Gasteiger partial charge in [-0.05, 0) is 38.3 Å². The van der Waals surface area contributed by atoms with Gasteiger partial charge in [-0.15, -0.1) is 0 Å². The van der Waals surface area contributed by atoms with Gasteiger partial charge >= 0.3 is 26.2 Å². The van der Waals surface area contributed by atoms with Gasteiger partial charge in [-0.2, -0.15) is 0 Å². The summed E-state index contributed by atoms with van der Waals surface area (Å²) in [6, 6.07) is 8.91. The number of allylic oxidation sites excluding steroid dienone is 4. The van der Waals surface area contributed by atoms with Crippen molar-refractivity contribution in [2.75, 3.05) is 14.1 Å². The molecule has 0 saturated heterocycles. The molecule has 3 rings (SSSR count). The predicted molar refractivity (Wildman–Crippen MR) is 74.8 cm³/mol. The topological polar surface area (TPSA) is 3.24 Å². The number of benzene rings is 1. The maximum atomic E-state index is 2.37. The summed E-state index contributed by atoms with van der Waals surface area (Å²) in [4.78, 5) is 2.37. The summed E-state index contributed by atoms with van der Waals surface area (Å²) in [6.07, 6.45) is 9.16. The van der Waals surface area contributed by atoms with Crippen LogP contribution in [0.1, 0.15) is 12.0 Å². The van der Waals surface area contributed by atoms with Gasteiger partial charge in [0.15, 0.2) is 0 Å². The largest absolute Gasteiger partial charge is 3.00 e. The Bertz CT molecular complexity index is 505. The van der Waals surface area contributed by atoms with E-state index in [2.05, 4.69) is 61.4 Å². The first-order valence-corrected chi connectivity index (χ1v) is 6.37. The Balaban J connectivity index is 0. The van der Waals surface area contributed by atoms with Crippen LogP contribution in [0.2, 0.25) is 5.82 Å². The van der Waals surface area contributed by atoms with E-state index in [1.165, 1.54) is 17.4 Å². The standard InChI is InChI=1S/C15H18BN.3ClH.Zr/c1-17(2)16-14-9-5-3-7-12(14)11-13-8-4-6-10-15(13)16;;;;/h3-9,15H,10-11H2,1-2H3;3*1H;/q;;;;+3/p-3. The fourth-order valence-corrected chi connectivity index (χ4v) is 3.27. The second kappa shape index (κ2) is 10.3. The van der Waals surface area contributed by atoms with Crippen molar-refractivity contribution in [3.63, 3.8) is 0 Å². The van der Waals surface area contributed by atoms with Crippen molar-refractivity contribution in [3.8, 4) is 0 Å². The zero-order valence-corrected chi connectivity index (χ0v) is 16.9. The summed E-state index contributed by atoms with van der Waals surface area (Å²) in [7, 11) is 4.39. The van der Waals surface area contributed by atoms with Gasteiger partial charge in [0.05, 0.1) is 0 Å². The molecule has 0 spiro atoms. The van der Waals surface area contributed by atoms with Gasteiger partial charge in [0.2, 0.25) is 0 Å². The summed E-state index contributed by atoms with van der Waals surface area (Å²) in [5.74, 6) is 0.671. The van der Waals surface area contributed by atoms with Crippen molar-refractivity contribution >= 4 is 12.3 Å². The summed E-state index contributed by atoms with van der Waals surface area (Å²) in [5.41, 5.74) is 4.63. The summed E-state index contributed by atoms with van der Waals surface area (Å²) in [6.45, 7) is 0.538. The molecule has 111 valence electrons. The molecule has 1 heterocycles. The zero-order valence-electron chi connectivity index (χ0n) is 12.2. The molecule has 0 aromatic heterocycles. The molecule has 1 radical (unpaired) electrons. The average molecular weight is 421 g/mol. The first-order valence-electron chi connectivity index (χ1n) is 6.37. The van der Waals surface area contributed by atoms with Gasteiger partial charge in [-0.1, -0.05) is 53.5 Å². The maximum Gasteiger partial charge on any atom is 3.00 e. The number of rotatable bonds is 1. The fraction of sp³-hybridized carbons (Fsp3) is 0.333. The fourth-order valence-electron chi connectivity index (χ4n) is 3.27. The van der Waals surface area contributed by atoms with Gasteiger partial charge in [0.1, 0.15) is 0 Å². The molecule has 1 aliphatic carbocycles. The van der Waals surface area contributed by atoms with Gasteiger partial charge in [-0.3, -0.25) is 0 Å². The zero-order chi connectivity index (χ0) is 11.8. The average Bonchev–Trinajstić information content (AvgIpc) is 2.35. The molecule has 6 heteroatoms. The molecular formula is C15H18BCl3NZr. The van der Waals surface area contributed by atoms with Gasteiger partial charge in [0.25, 0.3) is 6.85 Å². The first kappa shape index (κ1) is 23.7. The van der Waals surface area contributed by atoms with E-state index in [0.29, 0.717) is 12.7 Å². The third-order valence-corrected chi connectivity index (χ3v) is 4.02. The van der Waals surface area contributed by atoms with Crippen molar-refractivity contribution in [2.45, 2.75) is 18.7 Å². The molecule has 1 nitrogen and oxygen atoms in total. The van der Waals surface area contributed by atoms with Crippen LogP contribution in [-0.2, 0) is 32.6 Å². The summed E-state index contributed by atoms with van der Waals surface area (Å²) >= 11 is 0. The monoisotopic (exact) mass is 418 g/mol. The quantitative estimate of drug-likeness (QED) is 0.409. The molecule has 2 aliphatic rings. The van der Waals surface area contributed by atoms with Crippen LogP contribution in [0, 0.1) is 0 Å². The predicted octanol–water partition coefficient (Wildman–Crippen LogP) is -6.73. The molecule has 1 aromatic rings. The van der Waals surface area contributed by atoms with Crippen LogP contribution >= 0.6 is 0 Å². The molecule has 1 aromatic carbocycles. The Kier molecular flexibility index (Phi) is 11.6. The van der Waals surface area contributed by atoms with Crippen LogP contribution in [0.5, 0.6) is 0 Å². The molecular weight excluding hydrogens is 403 g/mol. The summed E-state index contributed by atoms with van der Waals surface area (Å²) < 4.78 is 0. The van der Waals surface area contributed by atoms with Crippen LogP contribution < -0.4 is 42.7 Å². The number of nitrogens with zero attached hydrogens (tertiary/aromatic N) is 1. The van der Waals surface area contributed by atoms with E-state index < -0.39 is 0 Å². The van der Waals surface area contributed by atoms with E-state index in [4.69, 9.17) is 0 Å². The minimum Gasteiger partial charge on any atom is -1.00 e. The third kappa shape index (κ3) is 4.72. The van der Waals surface area contributed by atoms with E-state index in [1.54, 1.807) is 5.57 Å². The van der Waals surface area contributed by atoms with Crippen LogP contribution in [0.25, 0.3) is 0 Å². The van der Waals surface area contributed by atoms with Crippen molar-refractivity contribution in [1.82, 2.24) is 4.81 Å². The number of fused-ring (bicyclic) bond motifs is 2. The Morgan fingerprint density at radius 3 is 2.43 bits per heavy atom. The Labute approximate surface area is 166 Å². The summed E-state index contributed by atoms with van der Waals surface area (Å²) in [5, 5.41) is 0. The molecule has 1 atom stereocenters. The van der Waals surface area contributed by atoms with E-state index in [9.17, 15) is 0 Å². The van der Waals surface area contributed by atoms with Crippen LogP contribution in [0.4, 0.5) is 0 Å². The Morgan fingerprint density at radius 1 is 1.10 bits per heavy atom. The van der Waals surface area contributed by atoms with Crippen molar-refractivity contribution in [3.05, 3.63) is 53.6 Å². The van der Waals surface area contributed by atoms with Gasteiger partial charge in [-0.25, -0.2) is 0 Å². The molecule has 0 fully saturated rings. The molecule has 0 amide bonds. The van der Waals surface area contributed by atoms with Crippen molar-refractivity contribution < 1.29 is 63.4 Å². The van der Waals surface area contributed by atoms with Crippen molar-refractivity contribution in [2.24, 2.45) is 0 Å². The van der Waals surface area contributed by atoms with E-state index in [-0.39, 0.29) is 63.4 Å². The van der Waals surface area contributed by atoms with Crippen LogP contribution in [-0.4, -0.2) is 25.8 Å². The van der Waals surface area contributed by atoms with Gasteiger partial charge in [0, 0.05) is 0 Å². The Morgan fingerprint density at radius 2 is 1.76 bits per heavy atom. The van der Waals surface area contributed by atoms with Crippen molar-refractivity contribution in [1.29, 1.82) is 0 Å². The molecule has 0 N–H and O–H groups in total. The molecule has 1 aliphatic heterocycles. The minimum atomic E-state index is 0. The van der Waals surface area contributed by atoms with Crippen LogP contribution in [0.15, 0.2) is 48.1 Å². The molecule has 0 saturated carbocycles. The van der Waals surface area contributed by atoms with E-state index in [0.717, 1.165) is 6.42 Å². The van der Waals surface area contributed by atoms with Gasteiger partial charge < -0.3 is 42.0 Å². The number of hydrogen-bond acceptors (Lipinski definition) is 1. The molecule has 1 unspecified atom stereocenters. The minimum absolute atomic E-state index is 0. The normalized spacial score (nSPS) is 18.0. The number of hydrogen-bond donors (Lipinski definition) is 0. The molecule has 0 bridgehead atoms. The number of halogens is 3. The second-order valence-electron chi connectivity index (χ2n) is 5.30. The third-order valence-electron chi connectivity index (χ3n) is 4.02. The first-order chi connectivity index (χ1) is 8.27. The van der Waals surface area contributed by atoms with Crippen LogP contribution in [0.3, 0.4) is 0 Å². The van der Waals surface area contributed by atoms with E-state index in [1.807, 2.05) is 0 Å². The molecule has 21 heavy (non-hydrogen) atoms. The smallest absolute Gasteiger partial charge is 1.00 e. The maximum absolute atomic E-state index is 2.37. The van der Waals surface area contributed by atoms with E-state index >= 15 is 0 Å². The second-order valence-corrected chi connectivity index (χ2v) is 5.30. The SMILES string of the molecule is CN(C)B1c2ccccc2CC2=CC=CCC12.[Cl-].[Cl-].[Cl-].[Zr+3].